The minimum Gasteiger partial charge on any atom is -0.483 e. The predicted octanol–water partition coefficient (Wildman–Crippen LogP) is 7.71. The van der Waals surface area contributed by atoms with Gasteiger partial charge in [0.1, 0.15) is 6.10 Å². The Morgan fingerprint density at radius 1 is 1.02 bits per heavy atom. The van der Waals surface area contributed by atoms with Crippen LogP contribution in [0.1, 0.15) is 65.5 Å². The molecule has 55 heavy (non-hydrogen) atoms. The van der Waals surface area contributed by atoms with E-state index in [0.29, 0.717) is 44.5 Å². The molecule has 4 aromatic carbocycles. The average molecular weight is 749 g/mol. The molecule has 2 aliphatic heterocycles. The molecule has 1 N–H and O–H groups in total. The highest BCUT2D eigenvalue weighted by atomic mass is 19.4. The molecule has 2 unspecified atom stereocenters. The van der Waals surface area contributed by atoms with Gasteiger partial charge in [0, 0.05) is 43.6 Å². The van der Waals surface area contributed by atoms with E-state index in [1.165, 1.54) is 31.2 Å². The number of carbonyl (C=O) groups is 2. The fourth-order valence-corrected chi connectivity index (χ4v) is 9.97. The molecule has 5 atom stereocenters. The summed E-state index contributed by atoms with van der Waals surface area (Å²) in [5, 5.41) is 13.1. The van der Waals surface area contributed by atoms with Crippen molar-refractivity contribution in [1.82, 2.24) is 9.80 Å². The van der Waals surface area contributed by atoms with Gasteiger partial charge in [0.2, 0.25) is 5.91 Å². The Morgan fingerprint density at radius 2 is 1.73 bits per heavy atom. The summed E-state index contributed by atoms with van der Waals surface area (Å²) in [4.78, 5) is 31.2. The van der Waals surface area contributed by atoms with Crippen LogP contribution in [0.3, 0.4) is 0 Å². The standard InChI is InChI=1S/C45H43F3N2O5/c1-3-24-49-25-23-43-40-33-18-19-37(54-29(2)51)41(40)55-42(43)36(21-22-44(43,53)38(49)27-33)50(39(52)20-17-30-11-10-16-34(26-30)45(46,47)48)28-35(31-12-6-4-7-13-31)32-14-8-5-9-15-32/h3-20,26,35-36,38,42,53H,1,21-25,27-28H2,2H3/b20-17+/t36?,38-,42?,43+,44-/m1/s1. The lowest BCUT2D eigenvalue weighted by Crippen LogP contribution is -2.78. The van der Waals surface area contributed by atoms with Crippen LogP contribution in [0.4, 0.5) is 13.2 Å². The molecule has 284 valence electrons. The van der Waals surface area contributed by atoms with E-state index >= 15 is 0 Å². The van der Waals surface area contributed by atoms with Gasteiger partial charge < -0.3 is 19.5 Å². The number of nitrogens with zero attached hydrogens (tertiary/aromatic N) is 2. The van der Waals surface area contributed by atoms with Crippen molar-refractivity contribution in [3.05, 3.63) is 149 Å². The smallest absolute Gasteiger partial charge is 0.416 e. The summed E-state index contributed by atoms with van der Waals surface area (Å²) in [6, 6.07) is 27.6. The minimum atomic E-state index is -4.53. The highest BCUT2D eigenvalue weighted by molar-refractivity contribution is 5.92. The molecular weight excluding hydrogens is 705 g/mol. The summed E-state index contributed by atoms with van der Waals surface area (Å²) in [6.45, 7) is 6.80. The summed E-state index contributed by atoms with van der Waals surface area (Å²) < 4.78 is 53.6. The van der Waals surface area contributed by atoms with Gasteiger partial charge in [0.25, 0.3) is 0 Å². The number of rotatable bonds is 10. The normalized spacial score (nSPS) is 25.3. The molecule has 1 saturated carbocycles. The lowest BCUT2D eigenvalue weighted by atomic mass is 9.48. The van der Waals surface area contributed by atoms with Crippen molar-refractivity contribution in [2.45, 2.75) is 73.9 Å². The van der Waals surface area contributed by atoms with Gasteiger partial charge in [-0.15, -0.1) is 6.58 Å². The topological polar surface area (TPSA) is 79.3 Å². The van der Waals surface area contributed by atoms with E-state index in [1.54, 1.807) is 11.0 Å². The van der Waals surface area contributed by atoms with Crippen LogP contribution < -0.4 is 9.47 Å². The Hall–Kier alpha value is -5.19. The molecule has 8 rings (SSSR count). The Kier molecular flexibility index (Phi) is 9.46. The molecular formula is C45H43F3N2O5. The van der Waals surface area contributed by atoms with Crippen LogP contribution in [0.2, 0.25) is 0 Å². The Morgan fingerprint density at radius 3 is 2.38 bits per heavy atom. The number of aliphatic hydroxyl groups is 1. The largest absolute Gasteiger partial charge is 0.483 e. The SMILES string of the molecule is C=CCN1CC[C@]23c4c5ccc(OC(C)=O)c4OC2C(N(CC(c2ccccc2)c2ccccc2)C(=O)/C=C/c2cccc(C(F)(F)F)c2)CC[C@@]3(O)[C@H]1C5. The van der Waals surface area contributed by atoms with E-state index < -0.39 is 46.8 Å². The number of halogens is 3. The highest BCUT2D eigenvalue weighted by Gasteiger charge is 2.73. The first-order chi connectivity index (χ1) is 26.4. The second-order valence-corrected chi connectivity index (χ2v) is 15.1. The molecule has 0 radical (unpaired) electrons. The first kappa shape index (κ1) is 36.8. The van der Waals surface area contributed by atoms with E-state index in [0.717, 1.165) is 34.4 Å². The van der Waals surface area contributed by atoms with Gasteiger partial charge in [-0.1, -0.05) is 84.9 Å². The predicted molar refractivity (Wildman–Crippen MR) is 203 cm³/mol. The van der Waals surface area contributed by atoms with Crippen molar-refractivity contribution in [3.63, 3.8) is 0 Å². The summed E-state index contributed by atoms with van der Waals surface area (Å²) >= 11 is 0. The van der Waals surface area contributed by atoms with Crippen molar-refractivity contribution in [3.8, 4) is 11.5 Å². The van der Waals surface area contributed by atoms with Crippen molar-refractivity contribution >= 4 is 18.0 Å². The van der Waals surface area contributed by atoms with Gasteiger partial charge in [0.05, 0.1) is 22.6 Å². The molecule has 7 nitrogen and oxygen atoms in total. The first-order valence-electron chi connectivity index (χ1n) is 18.8. The number of amides is 1. The summed E-state index contributed by atoms with van der Waals surface area (Å²) in [7, 11) is 0. The Labute approximate surface area is 318 Å². The minimum absolute atomic E-state index is 0.227. The van der Waals surface area contributed by atoms with Crippen LogP contribution >= 0.6 is 0 Å². The first-order valence-corrected chi connectivity index (χ1v) is 18.8. The van der Waals surface area contributed by atoms with Crippen LogP contribution in [0.5, 0.6) is 11.5 Å². The fourth-order valence-electron chi connectivity index (χ4n) is 9.97. The fraction of sp³-hybridized carbons (Fsp3) is 0.333. The number of hydrogen-bond acceptors (Lipinski definition) is 6. The molecule has 1 amide bonds. The summed E-state index contributed by atoms with van der Waals surface area (Å²) in [5.41, 5.74) is 1.10. The van der Waals surface area contributed by atoms with Gasteiger partial charge in [-0.2, -0.15) is 13.2 Å². The zero-order chi connectivity index (χ0) is 38.5. The molecule has 1 spiro atoms. The third kappa shape index (κ3) is 6.25. The van der Waals surface area contributed by atoms with Crippen LogP contribution in [0.15, 0.2) is 116 Å². The average Bonchev–Trinajstić information content (AvgIpc) is 3.53. The molecule has 0 aromatic heterocycles. The second kappa shape index (κ2) is 14.1. The summed E-state index contributed by atoms with van der Waals surface area (Å²) in [5.74, 6) is -0.461. The number of ether oxygens (including phenoxy) is 2. The molecule has 2 bridgehead atoms. The van der Waals surface area contributed by atoms with E-state index in [9.17, 15) is 27.9 Å². The van der Waals surface area contributed by atoms with Crippen LogP contribution in [-0.4, -0.2) is 70.2 Å². The maximum atomic E-state index is 14.8. The Bertz CT molecular complexity index is 2100. The van der Waals surface area contributed by atoms with Gasteiger partial charge in [-0.3, -0.25) is 14.5 Å². The maximum absolute atomic E-state index is 14.8. The number of likely N-dealkylation sites (tertiary alicyclic amines) is 1. The highest BCUT2D eigenvalue weighted by Crippen LogP contribution is 2.66. The van der Waals surface area contributed by atoms with E-state index in [-0.39, 0.29) is 29.8 Å². The quantitative estimate of drug-likeness (QED) is 0.0775. The second-order valence-electron chi connectivity index (χ2n) is 15.1. The van der Waals surface area contributed by atoms with Crippen molar-refractivity contribution < 1.29 is 37.3 Å². The van der Waals surface area contributed by atoms with Crippen LogP contribution in [-0.2, 0) is 27.6 Å². The van der Waals surface area contributed by atoms with Gasteiger partial charge >= 0.3 is 12.1 Å². The number of alkyl halides is 3. The van der Waals surface area contributed by atoms with E-state index in [4.69, 9.17) is 9.47 Å². The Balaban J connectivity index is 1.26. The van der Waals surface area contributed by atoms with E-state index in [2.05, 4.69) is 11.5 Å². The number of hydrogen-bond donors (Lipinski definition) is 1. The van der Waals surface area contributed by atoms with Gasteiger partial charge in [0.15, 0.2) is 11.5 Å². The van der Waals surface area contributed by atoms with Gasteiger partial charge in [-0.05, 0) is 78.8 Å². The number of benzene rings is 4. The molecule has 4 aliphatic rings. The zero-order valence-electron chi connectivity index (χ0n) is 30.5. The molecule has 2 aliphatic carbocycles. The van der Waals surface area contributed by atoms with Crippen LogP contribution in [0, 0.1) is 0 Å². The third-order valence-corrected chi connectivity index (χ3v) is 12.2. The molecule has 4 aromatic rings. The van der Waals surface area contributed by atoms with Crippen molar-refractivity contribution in [1.29, 1.82) is 0 Å². The maximum Gasteiger partial charge on any atom is 0.416 e. The van der Waals surface area contributed by atoms with E-state index in [1.807, 2.05) is 72.8 Å². The monoisotopic (exact) mass is 748 g/mol. The number of piperidine rings is 1. The molecule has 10 heteroatoms. The van der Waals surface area contributed by atoms with Crippen molar-refractivity contribution in [2.75, 3.05) is 19.6 Å². The van der Waals surface area contributed by atoms with Crippen molar-refractivity contribution in [2.24, 2.45) is 0 Å². The number of carbonyl (C=O) groups excluding carboxylic acids is 2. The van der Waals surface area contributed by atoms with Crippen LogP contribution in [0.25, 0.3) is 6.08 Å². The lowest BCUT2D eigenvalue weighted by molar-refractivity contribution is -0.199. The lowest BCUT2D eigenvalue weighted by Gasteiger charge is -2.64. The molecule has 2 fully saturated rings. The third-order valence-electron chi connectivity index (χ3n) is 12.2. The molecule has 2 heterocycles. The zero-order valence-corrected chi connectivity index (χ0v) is 30.5. The number of esters is 1. The molecule has 1 saturated heterocycles. The van der Waals surface area contributed by atoms with Gasteiger partial charge in [-0.25, -0.2) is 0 Å². The summed E-state index contributed by atoms with van der Waals surface area (Å²) in [6.07, 6.45) is 1.23.